The number of aromatic nitrogens is 1. The highest BCUT2D eigenvalue weighted by atomic mass is 32.2. The van der Waals surface area contributed by atoms with E-state index in [-0.39, 0.29) is 57.4 Å². The molecule has 180 valence electrons. The lowest BCUT2D eigenvalue weighted by Crippen LogP contribution is -2.29. The predicted molar refractivity (Wildman–Crippen MR) is 122 cm³/mol. The van der Waals surface area contributed by atoms with Crippen molar-refractivity contribution in [2.24, 2.45) is 4.99 Å². The Hall–Kier alpha value is -3.85. The third kappa shape index (κ3) is 4.47. The van der Waals surface area contributed by atoms with Crippen LogP contribution in [0, 0.1) is 18.3 Å². The molecule has 0 unspecified atom stereocenters. The molecule has 1 fully saturated rings. The van der Waals surface area contributed by atoms with E-state index in [1.165, 1.54) is 46.6 Å². The lowest BCUT2D eigenvalue weighted by Gasteiger charge is -2.18. The second-order valence-electron chi connectivity index (χ2n) is 7.56. The summed E-state index contributed by atoms with van der Waals surface area (Å²) in [5.41, 5.74) is -0.675. The first-order chi connectivity index (χ1) is 16.1. The Bertz CT molecular complexity index is 1390. The van der Waals surface area contributed by atoms with E-state index < -0.39 is 33.3 Å². The van der Waals surface area contributed by atoms with Crippen molar-refractivity contribution in [2.45, 2.75) is 19.4 Å². The Labute approximate surface area is 195 Å². The summed E-state index contributed by atoms with van der Waals surface area (Å²) in [5, 5.41) is 20.5. The van der Waals surface area contributed by atoms with Crippen LogP contribution in [0.15, 0.2) is 21.9 Å². The van der Waals surface area contributed by atoms with Crippen LogP contribution in [0.1, 0.15) is 39.5 Å². The number of hydrogen-bond acceptors (Lipinski definition) is 10. The van der Waals surface area contributed by atoms with Gasteiger partial charge in [0.25, 0.3) is 5.56 Å². The summed E-state index contributed by atoms with van der Waals surface area (Å²) in [6, 6.07) is 3.82. The molecule has 1 aliphatic rings. The number of ether oxygens (including phenoxy) is 3. The number of pyridine rings is 1. The summed E-state index contributed by atoms with van der Waals surface area (Å²) in [5.74, 6) is -1.13. The fourth-order valence-corrected chi connectivity index (χ4v) is 5.50. The average molecular weight is 490 g/mol. The van der Waals surface area contributed by atoms with Crippen LogP contribution in [-0.4, -0.2) is 63.1 Å². The number of hydrogen-bond donors (Lipinski definition) is 1. The number of rotatable bonds is 6. The fourth-order valence-electron chi connectivity index (χ4n) is 3.80. The summed E-state index contributed by atoms with van der Waals surface area (Å²) in [6.07, 6.45) is 1.32. The SMILES string of the molecule is COC(=O)c1cc(OC)c(OC)cc1N=Cc1c(C)c(C#N)c(=O)n([C@@H]2CCS(=O)(=O)C2)c1O. The van der Waals surface area contributed by atoms with Crippen molar-refractivity contribution in [3.8, 4) is 23.4 Å². The Morgan fingerprint density at radius 3 is 2.44 bits per heavy atom. The third-order valence-corrected chi connectivity index (χ3v) is 7.36. The van der Waals surface area contributed by atoms with Crippen LogP contribution >= 0.6 is 0 Å². The Balaban J connectivity index is 2.21. The van der Waals surface area contributed by atoms with Gasteiger partial charge in [-0.05, 0) is 18.9 Å². The largest absolute Gasteiger partial charge is 0.494 e. The molecule has 0 spiro atoms. The van der Waals surface area contributed by atoms with Crippen molar-refractivity contribution in [1.82, 2.24) is 4.57 Å². The van der Waals surface area contributed by atoms with Crippen molar-refractivity contribution in [3.63, 3.8) is 0 Å². The second kappa shape index (κ2) is 9.56. The van der Waals surface area contributed by atoms with Crippen molar-refractivity contribution < 1.29 is 32.5 Å². The van der Waals surface area contributed by atoms with E-state index in [4.69, 9.17) is 14.2 Å². The molecule has 0 amide bonds. The van der Waals surface area contributed by atoms with Crippen molar-refractivity contribution in [1.29, 1.82) is 5.26 Å². The standard InChI is InChI=1S/C22H23N3O8S/c1-12-15(9-23)20(26)25(13-5-6-34(29,30)11-13)21(27)16(12)10-24-17-8-19(32-3)18(31-2)7-14(17)22(28)33-4/h7-8,10,13,27H,5-6,11H2,1-4H3/t13-/m1/s1. The minimum absolute atomic E-state index is 0.0334. The van der Waals surface area contributed by atoms with Gasteiger partial charge in [0.1, 0.15) is 11.6 Å². The normalized spacial score (nSPS) is 16.9. The summed E-state index contributed by atoms with van der Waals surface area (Å²) < 4.78 is 40.1. The molecule has 2 aromatic rings. The van der Waals surface area contributed by atoms with E-state index in [1.54, 1.807) is 0 Å². The Morgan fingerprint density at radius 2 is 1.91 bits per heavy atom. The van der Waals surface area contributed by atoms with E-state index in [1.807, 2.05) is 6.07 Å². The second-order valence-corrected chi connectivity index (χ2v) is 9.78. The van der Waals surface area contributed by atoms with Gasteiger partial charge in [-0.15, -0.1) is 0 Å². The molecule has 0 aliphatic carbocycles. The quantitative estimate of drug-likeness (QED) is 0.470. The zero-order valence-corrected chi connectivity index (χ0v) is 19.8. The maximum absolute atomic E-state index is 12.9. The summed E-state index contributed by atoms with van der Waals surface area (Å²) in [4.78, 5) is 29.4. The van der Waals surface area contributed by atoms with Gasteiger partial charge in [0.15, 0.2) is 21.3 Å². The van der Waals surface area contributed by atoms with Crippen LogP contribution in [-0.2, 0) is 14.6 Å². The molecular weight excluding hydrogens is 466 g/mol. The highest BCUT2D eigenvalue weighted by Crippen LogP contribution is 2.36. The predicted octanol–water partition coefficient (Wildman–Crippen LogP) is 1.65. The average Bonchev–Trinajstić information content (AvgIpc) is 3.17. The van der Waals surface area contributed by atoms with Gasteiger partial charge >= 0.3 is 5.97 Å². The van der Waals surface area contributed by atoms with E-state index in [2.05, 4.69) is 4.99 Å². The van der Waals surface area contributed by atoms with Gasteiger partial charge in [0.2, 0.25) is 5.88 Å². The van der Waals surface area contributed by atoms with E-state index in [0.29, 0.717) is 0 Å². The topological polar surface area (TPSA) is 157 Å². The van der Waals surface area contributed by atoms with Gasteiger partial charge < -0.3 is 19.3 Å². The van der Waals surface area contributed by atoms with Gasteiger partial charge in [-0.1, -0.05) is 0 Å². The van der Waals surface area contributed by atoms with Gasteiger partial charge in [-0.3, -0.25) is 14.4 Å². The van der Waals surface area contributed by atoms with E-state index in [0.717, 1.165) is 4.57 Å². The highest BCUT2D eigenvalue weighted by Gasteiger charge is 2.33. The Kier molecular flexibility index (Phi) is 6.97. The molecule has 1 atom stereocenters. The monoisotopic (exact) mass is 489 g/mol. The number of nitriles is 1. The number of methoxy groups -OCH3 is 3. The minimum atomic E-state index is -3.37. The highest BCUT2D eigenvalue weighted by molar-refractivity contribution is 7.91. The van der Waals surface area contributed by atoms with Crippen LogP contribution in [0.3, 0.4) is 0 Å². The minimum Gasteiger partial charge on any atom is -0.494 e. The van der Waals surface area contributed by atoms with E-state index in [9.17, 15) is 28.4 Å². The first-order valence-corrected chi connectivity index (χ1v) is 11.9. The number of sulfone groups is 1. The molecule has 1 saturated heterocycles. The van der Waals surface area contributed by atoms with Gasteiger partial charge in [0, 0.05) is 18.3 Å². The molecule has 1 aromatic carbocycles. The van der Waals surface area contributed by atoms with Crippen molar-refractivity contribution in [2.75, 3.05) is 32.8 Å². The van der Waals surface area contributed by atoms with Gasteiger partial charge in [0.05, 0.1) is 55.7 Å². The molecule has 0 radical (unpaired) electrons. The third-order valence-electron chi connectivity index (χ3n) is 5.61. The molecule has 11 nitrogen and oxygen atoms in total. The molecule has 0 bridgehead atoms. The smallest absolute Gasteiger partial charge is 0.340 e. The van der Waals surface area contributed by atoms with Crippen LogP contribution in [0.5, 0.6) is 17.4 Å². The molecule has 1 aliphatic heterocycles. The van der Waals surface area contributed by atoms with Crippen molar-refractivity contribution in [3.05, 3.63) is 44.7 Å². The number of esters is 1. The lowest BCUT2D eigenvalue weighted by atomic mass is 10.0. The molecule has 3 rings (SSSR count). The van der Waals surface area contributed by atoms with Gasteiger partial charge in [-0.2, -0.15) is 5.26 Å². The lowest BCUT2D eigenvalue weighted by molar-refractivity contribution is 0.0601. The number of aliphatic imine (C=N–C) groups is 1. The fraction of sp³-hybridized carbons (Fsp3) is 0.364. The molecule has 0 saturated carbocycles. The maximum Gasteiger partial charge on any atom is 0.340 e. The number of carbonyl (C=O) groups excluding carboxylic acids is 1. The molecular formula is C22H23N3O8S. The number of nitrogens with zero attached hydrogens (tertiary/aromatic N) is 3. The first kappa shape index (κ1) is 24.8. The number of carbonyl (C=O) groups is 1. The molecule has 2 heterocycles. The molecule has 1 N–H and O–H groups in total. The first-order valence-electron chi connectivity index (χ1n) is 10.1. The van der Waals surface area contributed by atoms with Crippen LogP contribution in [0.25, 0.3) is 0 Å². The molecule has 34 heavy (non-hydrogen) atoms. The summed E-state index contributed by atoms with van der Waals surface area (Å²) in [6.45, 7) is 1.46. The van der Waals surface area contributed by atoms with Crippen LogP contribution in [0.2, 0.25) is 0 Å². The summed E-state index contributed by atoms with van der Waals surface area (Å²) in [7, 11) is 0.638. The van der Waals surface area contributed by atoms with Crippen LogP contribution < -0.4 is 15.0 Å². The Morgan fingerprint density at radius 1 is 1.26 bits per heavy atom. The maximum atomic E-state index is 12.9. The zero-order chi connectivity index (χ0) is 25.2. The zero-order valence-electron chi connectivity index (χ0n) is 19.0. The molecule has 12 heteroatoms. The van der Waals surface area contributed by atoms with E-state index >= 15 is 0 Å². The van der Waals surface area contributed by atoms with Gasteiger partial charge in [-0.25, -0.2) is 13.2 Å². The van der Waals surface area contributed by atoms with Crippen molar-refractivity contribution >= 4 is 27.7 Å². The molecule has 1 aromatic heterocycles. The van der Waals surface area contributed by atoms with Crippen LogP contribution in [0.4, 0.5) is 5.69 Å². The summed E-state index contributed by atoms with van der Waals surface area (Å²) >= 11 is 0. The number of aromatic hydroxyl groups is 1. The number of benzene rings is 1.